The van der Waals surface area contributed by atoms with Crippen LogP contribution in [0.1, 0.15) is 42.5 Å². The molecule has 5 heterocycles. The number of nitrogens with two attached hydrogens (primary N) is 1. The van der Waals surface area contributed by atoms with Crippen molar-refractivity contribution in [1.29, 1.82) is 0 Å². The predicted octanol–water partition coefficient (Wildman–Crippen LogP) is 3.49. The lowest BCUT2D eigenvalue weighted by Gasteiger charge is -2.42. The number of hydrogen-bond acceptors (Lipinski definition) is 9. The Morgan fingerprint density at radius 3 is 2.87 bits per heavy atom. The van der Waals surface area contributed by atoms with Gasteiger partial charge in [0, 0.05) is 18.2 Å². The Balaban J connectivity index is 1.33. The molecule has 2 aliphatic rings. The average molecular weight is 553 g/mol. The summed E-state index contributed by atoms with van der Waals surface area (Å²) in [5.41, 5.74) is 7.72. The molecule has 0 radical (unpaired) electrons. The minimum Gasteiger partial charge on any atom is -0.467 e. The second-order valence-corrected chi connectivity index (χ2v) is 12.9. The zero-order chi connectivity index (χ0) is 27.4. The van der Waals surface area contributed by atoms with Crippen molar-refractivity contribution in [3.05, 3.63) is 77.6 Å². The summed E-state index contributed by atoms with van der Waals surface area (Å²) in [5.74, 6) is 4.07. The lowest BCUT2D eigenvalue weighted by Crippen LogP contribution is -2.58. The smallest absolute Gasteiger partial charge is 0.233 e. The van der Waals surface area contributed by atoms with Crippen LogP contribution >= 0.6 is 0 Å². The molecule has 0 saturated carbocycles. The number of amidine groups is 1. The van der Waals surface area contributed by atoms with Crippen molar-refractivity contribution in [1.82, 2.24) is 19.9 Å². The van der Waals surface area contributed by atoms with E-state index in [1.54, 1.807) is 31.3 Å². The number of ether oxygens (including phenoxy) is 1. The second-order valence-electron chi connectivity index (χ2n) is 10.1. The predicted molar refractivity (Wildman–Crippen MR) is 143 cm³/mol. The van der Waals surface area contributed by atoms with Crippen molar-refractivity contribution in [3.63, 3.8) is 0 Å². The van der Waals surface area contributed by atoms with Crippen molar-refractivity contribution in [2.75, 3.05) is 6.67 Å². The summed E-state index contributed by atoms with van der Waals surface area (Å²) in [6, 6.07) is 6.42. The van der Waals surface area contributed by atoms with Crippen LogP contribution in [0, 0.1) is 5.82 Å². The van der Waals surface area contributed by atoms with Gasteiger partial charge in [-0.05, 0) is 52.9 Å². The summed E-state index contributed by atoms with van der Waals surface area (Å²) < 4.78 is 52.6. The summed E-state index contributed by atoms with van der Waals surface area (Å²) in [4.78, 5) is 22.1. The van der Waals surface area contributed by atoms with E-state index in [1.165, 1.54) is 24.7 Å². The second kappa shape index (κ2) is 9.08. The Morgan fingerprint density at radius 1 is 1.26 bits per heavy atom. The molecule has 0 amide bonds. The molecule has 39 heavy (non-hydrogen) atoms. The molecule has 0 aliphatic carbocycles. The molecular formula is C27H26F2N6O3S. The molecule has 1 saturated heterocycles. The molecular weight excluding hydrogens is 526 g/mol. The first-order valence-corrected chi connectivity index (χ1v) is 14.1. The fourth-order valence-corrected chi connectivity index (χ4v) is 8.76. The van der Waals surface area contributed by atoms with E-state index in [-0.39, 0.29) is 24.4 Å². The van der Waals surface area contributed by atoms with Crippen molar-refractivity contribution >= 4 is 32.3 Å². The Morgan fingerprint density at radius 2 is 2.10 bits per heavy atom. The van der Waals surface area contributed by atoms with Gasteiger partial charge >= 0.3 is 0 Å². The van der Waals surface area contributed by atoms with Gasteiger partial charge in [-0.2, -0.15) is 0 Å². The quantitative estimate of drug-likeness (QED) is 0.345. The maximum absolute atomic E-state index is 15.3. The molecule has 1 fully saturated rings. The fourth-order valence-electron chi connectivity index (χ4n) is 5.75. The van der Waals surface area contributed by atoms with Gasteiger partial charge in [0.15, 0.2) is 6.61 Å². The van der Waals surface area contributed by atoms with Crippen molar-refractivity contribution < 1.29 is 22.1 Å². The average Bonchev–Trinajstić information content (AvgIpc) is 3.50. The van der Waals surface area contributed by atoms with E-state index < -0.39 is 37.5 Å². The van der Waals surface area contributed by atoms with Crippen molar-refractivity contribution in [2.24, 2.45) is 10.7 Å². The Bertz CT molecular complexity index is 1710. The van der Waals surface area contributed by atoms with Gasteiger partial charge in [-0.1, -0.05) is 12.1 Å². The maximum atomic E-state index is 15.3. The number of pyridine rings is 1. The molecule has 2 bridgehead atoms. The van der Waals surface area contributed by atoms with Crippen LogP contribution in [0.3, 0.4) is 0 Å². The van der Waals surface area contributed by atoms with Crippen LogP contribution in [0.2, 0.25) is 0 Å². The highest BCUT2D eigenvalue weighted by Gasteiger charge is 2.61. The van der Waals surface area contributed by atoms with E-state index in [0.717, 1.165) is 5.56 Å². The molecule has 202 valence electrons. The van der Waals surface area contributed by atoms with Crippen LogP contribution < -0.4 is 10.5 Å². The zero-order valence-corrected chi connectivity index (χ0v) is 22.0. The number of halogens is 2. The number of aromatic nitrogens is 4. The van der Waals surface area contributed by atoms with E-state index in [4.69, 9.17) is 14.9 Å². The van der Waals surface area contributed by atoms with E-state index in [0.29, 0.717) is 41.3 Å². The summed E-state index contributed by atoms with van der Waals surface area (Å²) in [5, 5.41) is -0.644. The summed E-state index contributed by atoms with van der Waals surface area (Å²) in [7, 11) is -3.04. The third-order valence-electron chi connectivity index (χ3n) is 7.88. The third-order valence-corrected chi connectivity index (χ3v) is 11.3. The standard InChI is InChI=1S/C27H26F2N6O3S/c1-26(21-5-7-27(15-28,25(30)35-26)39(21,2)36)17-11-16(3-4-18(17)29)12-20-24-19(6-8-31-20)34-22(13-33-24)38-14-23-32-9-10-37-23/h3-4,6,8-11,13,21H,2,5,7,12,14-15H2,1H3,(H2,30,35)/t21-,26+,27-,39?/m0/s1. The third kappa shape index (κ3) is 3.88. The van der Waals surface area contributed by atoms with E-state index in [1.807, 2.05) is 0 Å². The Labute approximate surface area is 223 Å². The first-order valence-electron chi connectivity index (χ1n) is 12.4. The van der Waals surface area contributed by atoms with E-state index in [2.05, 4.69) is 30.8 Å². The minimum absolute atomic E-state index is 0.0575. The molecule has 1 aromatic carbocycles. The number of aliphatic imine (C=N–C) groups is 1. The largest absolute Gasteiger partial charge is 0.467 e. The van der Waals surface area contributed by atoms with Gasteiger partial charge in [0.05, 0.1) is 28.9 Å². The lowest BCUT2D eigenvalue weighted by atomic mass is 9.85. The maximum Gasteiger partial charge on any atom is 0.233 e. The molecule has 12 heteroatoms. The van der Waals surface area contributed by atoms with Gasteiger partial charge in [-0.25, -0.2) is 23.7 Å². The van der Waals surface area contributed by atoms with Crippen LogP contribution in [0.5, 0.6) is 5.88 Å². The van der Waals surface area contributed by atoms with Crippen LogP contribution in [0.15, 0.2) is 58.5 Å². The first kappa shape index (κ1) is 25.4. The highest BCUT2D eigenvalue weighted by atomic mass is 32.2. The highest BCUT2D eigenvalue weighted by molar-refractivity contribution is 8.03. The zero-order valence-electron chi connectivity index (χ0n) is 21.1. The number of oxazole rings is 1. The number of nitrogens with zero attached hydrogens (tertiary/aromatic N) is 5. The summed E-state index contributed by atoms with van der Waals surface area (Å²) in [6.45, 7) is 0.912. The molecule has 9 nitrogen and oxygen atoms in total. The van der Waals surface area contributed by atoms with Gasteiger partial charge in [-0.15, -0.1) is 0 Å². The number of benzene rings is 1. The van der Waals surface area contributed by atoms with Gasteiger partial charge in [0.25, 0.3) is 0 Å². The molecule has 0 spiro atoms. The molecule has 2 N–H and O–H groups in total. The molecule has 4 atom stereocenters. The fraction of sp³-hybridized carbons (Fsp3) is 0.333. The molecule has 3 aromatic heterocycles. The summed E-state index contributed by atoms with van der Waals surface area (Å²) >= 11 is 0. The molecule has 4 aromatic rings. The number of hydrogen-bond donors (Lipinski definition) is 1. The SMILES string of the molecule is C=S1(=O)[C@H]2CC[C@]1(CF)C(N)=N[C@]2(C)c1cc(Cc2nccc3nc(OCc4ncco4)cnc23)ccc1F. The van der Waals surface area contributed by atoms with E-state index in [9.17, 15) is 8.60 Å². The van der Waals surface area contributed by atoms with Crippen molar-refractivity contribution in [2.45, 2.75) is 48.3 Å². The Kier molecular flexibility index (Phi) is 5.90. The van der Waals surface area contributed by atoms with Gasteiger partial charge in [0.2, 0.25) is 11.8 Å². The number of alkyl halides is 1. The topological polar surface area (TPSA) is 129 Å². The first-order chi connectivity index (χ1) is 18.7. The van der Waals surface area contributed by atoms with Crippen LogP contribution in [0.25, 0.3) is 11.0 Å². The van der Waals surface area contributed by atoms with Gasteiger partial charge in [-0.3, -0.25) is 14.2 Å². The van der Waals surface area contributed by atoms with Crippen LogP contribution in [-0.2, 0) is 28.1 Å². The summed E-state index contributed by atoms with van der Waals surface area (Å²) in [6.07, 6.45) is 7.08. The van der Waals surface area contributed by atoms with Crippen LogP contribution in [0.4, 0.5) is 8.78 Å². The van der Waals surface area contributed by atoms with Gasteiger partial charge < -0.3 is 14.9 Å². The van der Waals surface area contributed by atoms with Crippen LogP contribution in [-0.4, -0.2) is 52.5 Å². The number of fused-ring (bicyclic) bond motifs is 3. The lowest BCUT2D eigenvalue weighted by molar-refractivity contribution is 0.253. The molecule has 6 rings (SSSR count). The van der Waals surface area contributed by atoms with E-state index >= 15 is 4.39 Å². The monoisotopic (exact) mass is 552 g/mol. The van der Waals surface area contributed by atoms with Gasteiger partial charge in [0.1, 0.15) is 40.4 Å². The number of rotatable bonds is 7. The minimum atomic E-state index is -3.04. The van der Waals surface area contributed by atoms with Crippen molar-refractivity contribution in [3.8, 4) is 5.88 Å². The molecule has 2 aliphatic heterocycles. The Hall–Kier alpha value is -3.93. The molecule has 1 unspecified atom stereocenters. The normalized spacial score (nSPS) is 28.0. The highest BCUT2D eigenvalue weighted by Crippen LogP contribution is 2.52.